The first-order valence-electron chi connectivity index (χ1n) is 11.2. The number of aryl methyl sites for hydroxylation is 2. The van der Waals surface area contributed by atoms with E-state index in [1.807, 2.05) is 55.8 Å². The highest BCUT2D eigenvalue weighted by Gasteiger charge is 2.16. The fourth-order valence-corrected chi connectivity index (χ4v) is 3.86. The van der Waals surface area contributed by atoms with Crippen molar-refractivity contribution in [1.82, 2.24) is 35.0 Å². The molecule has 33 heavy (non-hydrogen) atoms. The molecular formula is C26H31N7. The average Bonchev–Trinajstić information content (AvgIpc) is 3.52. The van der Waals surface area contributed by atoms with Gasteiger partial charge in [0.15, 0.2) is 5.82 Å². The molecule has 0 fully saturated rings. The average molecular weight is 442 g/mol. The van der Waals surface area contributed by atoms with Crippen LogP contribution in [0.5, 0.6) is 0 Å². The molecule has 3 aromatic heterocycles. The second kappa shape index (κ2) is 9.83. The third kappa shape index (κ3) is 4.88. The van der Waals surface area contributed by atoms with Crippen molar-refractivity contribution in [2.75, 3.05) is 13.1 Å². The molecular weight excluding hydrogens is 410 g/mol. The molecule has 0 radical (unpaired) electrons. The number of H-pyrrole nitrogens is 2. The zero-order chi connectivity index (χ0) is 23.4. The minimum atomic E-state index is 0.688. The molecule has 0 unspecified atom stereocenters. The van der Waals surface area contributed by atoms with E-state index in [-0.39, 0.29) is 0 Å². The molecule has 0 saturated heterocycles. The zero-order valence-corrected chi connectivity index (χ0v) is 19.7. The predicted molar refractivity (Wildman–Crippen MR) is 135 cm³/mol. The van der Waals surface area contributed by atoms with Gasteiger partial charge in [0.25, 0.3) is 0 Å². The van der Waals surface area contributed by atoms with E-state index in [4.69, 9.17) is 4.98 Å². The van der Waals surface area contributed by atoms with Crippen LogP contribution in [-0.2, 0) is 0 Å². The van der Waals surface area contributed by atoms with Crippen LogP contribution in [0, 0.1) is 13.8 Å². The van der Waals surface area contributed by atoms with Gasteiger partial charge in [-0.15, -0.1) is 0 Å². The highest BCUT2D eigenvalue weighted by molar-refractivity contribution is 5.69. The van der Waals surface area contributed by atoms with Crippen molar-refractivity contribution in [3.63, 3.8) is 0 Å². The van der Waals surface area contributed by atoms with Gasteiger partial charge in [0.05, 0.1) is 23.1 Å². The molecule has 0 spiro atoms. The lowest BCUT2D eigenvalue weighted by Gasteiger charge is -2.13. The normalized spacial score (nSPS) is 16.1. The molecule has 170 valence electrons. The van der Waals surface area contributed by atoms with Crippen molar-refractivity contribution in [3.8, 4) is 11.5 Å². The Labute approximate surface area is 194 Å². The molecule has 0 bridgehead atoms. The molecule has 0 aromatic carbocycles. The Kier molecular flexibility index (Phi) is 6.70. The van der Waals surface area contributed by atoms with Crippen LogP contribution in [0.3, 0.4) is 0 Å². The molecule has 7 nitrogen and oxygen atoms in total. The summed E-state index contributed by atoms with van der Waals surface area (Å²) in [6, 6.07) is 0. The van der Waals surface area contributed by atoms with E-state index < -0.39 is 0 Å². The van der Waals surface area contributed by atoms with Crippen molar-refractivity contribution >= 4 is 18.4 Å². The molecule has 0 amide bonds. The van der Waals surface area contributed by atoms with E-state index in [2.05, 4.69) is 51.1 Å². The lowest BCUT2D eigenvalue weighted by atomic mass is 10.0. The zero-order valence-electron chi connectivity index (χ0n) is 19.7. The van der Waals surface area contributed by atoms with Gasteiger partial charge < -0.3 is 14.9 Å². The predicted octanol–water partition coefficient (Wildman–Crippen LogP) is 3.14. The summed E-state index contributed by atoms with van der Waals surface area (Å²) in [6.07, 6.45) is 17.3. The Balaban J connectivity index is 1.69. The van der Waals surface area contributed by atoms with E-state index in [9.17, 15) is 0 Å². The van der Waals surface area contributed by atoms with Crippen molar-refractivity contribution < 1.29 is 0 Å². The summed E-state index contributed by atoms with van der Waals surface area (Å²) in [5, 5.41) is 12.7. The number of rotatable bonds is 6. The number of aromatic amines is 2. The van der Waals surface area contributed by atoms with Crippen LogP contribution in [0.2, 0.25) is 0 Å². The van der Waals surface area contributed by atoms with Gasteiger partial charge in [0.2, 0.25) is 0 Å². The molecule has 7 heteroatoms. The SMILES string of the molecule is C=c1c(-c2nc(/C(=C\C=C/C)n3cnc(C)c3)c(C)[nH]2)n[nH]/c1=C/C=C(\C)C1=CCNCC1. The molecule has 3 aromatic rings. The van der Waals surface area contributed by atoms with Gasteiger partial charge in [-0.2, -0.15) is 5.10 Å². The lowest BCUT2D eigenvalue weighted by Crippen LogP contribution is -2.22. The van der Waals surface area contributed by atoms with Crippen molar-refractivity contribution in [2.24, 2.45) is 0 Å². The van der Waals surface area contributed by atoms with E-state index in [0.717, 1.165) is 58.6 Å². The van der Waals surface area contributed by atoms with E-state index in [1.165, 1.54) is 11.1 Å². The number of imidazole rings is 2. The van der Waals surface area contributed by atoms with Gasteiger partial charge in [0, 0.05) is 23.7 Å². The Morgan fingerprint density at radius 2 is 2.09 bits per heavy atom. The van der Waals surface area contributed by atoms with Crippen LogP contribution < -0.4 is 15.9 Å². The van der Waals surface area contributed by atoms with E-state index in [1.54, 1.807) is 6.33 Å². The van der Waals surface area contributed by atoms with Gasteiger partial charge in [-0.25, -0.2) is 9.97 Å². The van der Waals surface area contributed by atoms with Gasteiger partial charge in [-0.1, -0.05) is 30.9 Å². The first kappa shape index (κ1) is 22.5. The summed E-state index contributed by atoms with van der Waals surface area (Å²) >= 11 is 0. The Morgan fingerprint density at radius 1 is 1.24 bits per heavy atom. The summed E-state index contributed by atoms with van der Waals surface area (Å²) in [7, 11) is 0. The van der Waals surface area contributed by atoms with Gasteiger partial charge in [0.1, 0.15) is 11.4 Å². The lowest BCUT2D eigenvalue weighted by molar-refractivity contribution is 0.707. The quantitative estimate of drug-likeness (QED) is 0.513. The standard InChI is InChI=1S/C26H31N7/c1-6-7-8-23(33-15-18(3)28-16-33)25-20(5)29-26(30-25)24-19(4)22(31-32-24)10-9-17(2)21-11-13-27-14-12-21/h6-11,15-16,27,31H,4,12-14H2,1-3,5H3,(H,29,30)/b7-6-,17-9+,22-10+,23-8+. The van der Waals surface area contributed by atoms with E-state index >= 15 is 0 Å². The minimum Gasteiger partial charge on any atom is -0.340 e. The maximum atomic E-state index is 4.89. The highest BCUT2D eigenvalue weighted by Crippen LogP contribution is 2.22. The Hall–Kier alpha value is -3.71. The summed E-state index contributed by atoms with van der Waals surface area (Å²) in [5.41, 5.74) is 7.06. The van der Waals surface area contributed by atoms with Crippen LogP contribution in [-0.4, -0.2) is 42.8 Å². The molecule has 4 rings (SSSR count). The van der Waals surface area contributed by atoms with Crippen LogP contribution in [0.25, 0.3) is 29.9 Å². The molecule has 0 atom stereocenters. The Morgan fingerprint density at radius 3 is 2.79 bits per heavy atom. The first-order valence-corrected chi connectivity index (χ1v) is 11.2. The second-order valence-electron chi connectivity index (χ2n) is 8.22. The fourth-order valence-electron chi connectivity index (χ4n) is 3.86. The first-order chi connectivity index (χ1) is 16.0. The van der Waals surface area contributed by atoms with E-state index in [0.29, 0.717) is 5.82 Å². The topological polar surface area (TPSA) is 87.2 Å². The van der Waals surface area contributed by atoms with Crippen LogP contribution in [0.4, 0.5) is 0 Å². The number of aromatic nitrogens is 6. The number of hydrogen-bond donors (Lipinski definition) is 3. The van der Waals surface area contributed by atoms with Gasteiger partial charge in [-0.3, -0.25) is 5.10 Å². The minimum absolute atomic E-state index is 0.688. The maximum Gasteiger partial charge on any atom is 0.159 e. The van der Waals surface area contributed by atoms with Crippen LogP contribution in [0.1, 0.15) is 37.4 Å². The molecule has 4 heterocycles. The fraction of sp³-hybridized carbons (Fsp3) is 0.269. The smallest absolute Gasteiger partial charge is 0.159 e. The number of allylic oxidation sites excluding steroid dienone is 5. The molecule has 3 N–H and O–H groups in total. The third-order valence-corrected chi connectivity index (χ3v) is 5.76. The molecule has 0 aliphatic carbocycles. The summed E-state index contributed by atoms with van der Waals surface area (Å²) in [5.74, 6) is 0.688. The summed E-state index contributed by atoms with van der Waals surface area (Å²) in [6.45, 7) is 14.3. The summed E-state index contributed by atoms with van der Waals surface area (Å²) < 4.78 is 1.99. The molecule has 0 saturated carbocycles. The van der Waals surface area contributed by atoms with Gasteiger partial charge in [-0.05, 0) is 64.0 Å². The van der Waals surface area contributed by atoms with Crippen molar-refractivity contribution in [1.29, 1.82) is 0 Å². The number of hydrogen-bond acceptors (Lipinski definition) is 4. The molecule has 1 aliphatic heterocycles. The largest absolute Gasteiger partial charge is 0.340 e. The van der Waals surface area contributed by atoms with Crippen molar-refractivity contribution in [3.05, 3.63) is 81.7 Å². The number of nitrogens with zero attached hydrogens (tertiary/aromatic N) is 4. The number of nitrogens with one attached hydrogen (secondary N) is 3. The third-order valence-electron chi connectivity index (χ3n) is 5.76. The van der Waals surface area contributed by atoms with Crippen LogP contribution in [0.15, 0.2) is 54.1 Å². The van der Waals surface area contributed by atoms with Crippen molar-refractivity contribution in [2.45, 2.75) is 34.1 Å². The molecule has 1 aliphatic rings. The van der Waals surface area contributed by atoms with Gasteiger partial charge >= 0.3 is 0 Å². The second-order valence-corrected chi connectivity index (χ2v) is 8.22. The highest BCUT2D eigenvalue weighted by atomic mass is 15.1. The maximum absolute atomic E-state index is 4.89. The van der Waals surface area contributed by atoms with Crippen LogP contribution >= 0.6 is 0 Å². The Bertz CT molecular complexity index is 1370. The monoisotopic (exact) mass is 441 g/mol. The summed E-state index contributed by atoms with van der Waals surface area (Å²) in [4.78, 5) is 12.6.